The van der Waals surface area contributed by atoms with E-state index in [9.17, 15) is 14.4 Å². The zero-order chi connectivity index (χ0) is 25.1. The highest BCUT2D eigenvalue weighted by Crippen LogP contribution is 2.34. The second-order valence-corrected chi connectivity index (χ2v) is 9.47. The summed E-state index contributed by atoms with van der Waals surface area (Å²) in [5.74, 6) is 0.549. The van der Waals surface area contributed by atoms with Crippen LogP contribution in [0.15, 0.2) is 48.5 Å². The van der Waals surface area contributed by atoms with Crippen LogP contribution in [0.1, 0.15) is 43.5 Å². The minimum atomic E-state index is -0.781. The Balaban J connectivity index is 1.44. The van der Waals surface area contributed by atoms with Crippen LogP contribution in [-0.4, -0.2) is 73.0 Å². The van der Waals surface area contributed by atoms with Crippen molar-refractivity contribution >= 4 is 23.4 Å². The van der Waals surface area contributed by atoms with E-state index < -0.39 is 6.10 Å². The molecule has 0 saturated carbocycles. The van der Waals surface area contributed by atoms with Gasteiger partial charge < -0.3 is 24.2 Å². The number of hydrogen-bond acceptors (Lipinski definition) is 5. The van der Waals surface area contributed by atoms with Gasteiger partial charge in [0.05, 0.1) is 12.2 Å². The van der Waals surface area contributed by atoms with Crippen molar-refractivity contribution in [1.29, 1.82) is 0 Å². The molecule has 2 aliphatic rings. The van der Waals surface area contributed by atoms with E-state index in [2.05, 4.69) is 13.8 Å². The molecule has 0 spiro atoms. The summed E-state index contributed by atoms with van der Waals surface area (Å²) in [6, 6.07) is 14.4. The maximum Gasteiger partial charge on any atom is 0.265 e. The number of rotatable bonds is 5. The third kappa shape index (κ3) is 5.26. The number of para-hydroxylation sites is 2. The van der Waals surface area contributed by atoms with Gasteiger partial charge >= 0.3 is 0 Å². The van der Waals surface area contributed by atoms with Crippen LogP contribution >= 0.6 is 0 Å². The van der Waals surface area contributed by atoms with Gasteiger partial charge in [0, 0.05) is 31.7 Å². The number of likely N-dealkylation sites (N-methyl/N-ethyl adjacent to an activating group) is 1. The zero-order valence-corrected chi connectivity index (χ0v) is 20.8. The van der Waals surface area contributed by atoms with Gasteiger partial charge in [0.2, 0.25) is 0 Å². The van der Waals surface area contributed by atoms with Gasteiger partial charge in [-0.25, -0.2) is 0 Å². The highest BCUT2D eigenvalue weighted by Gasteiger charge is 2.35. The Bertz CT molecular complexity index is 1070. The third-order valence-corrected chi connectivity index (χ3v) is 6.68. The molecule has 4 rings (SSSR count). The summed E-state index contributed by atoms with van der Waals surface area (Å²) in [7, 11) is 3.32. The molecule has 0 bridgehead atoms. The monoisotopic (exact) mass is 479 g/mol. The Kier molecular flexibility index (Phi) is 7.28. The molecule has 2 heterocycles. The number of piperidine rings is 1. The molecule has 2 aromatic rings. The number of hydrogen-bond donors (Lipinski definition) is 0. The smallest absolute Gasteiger partial charge is 0.265 e. The van der Waals surface area contributed by atoms with Crippen molar-refractivity contribution in [2.24, 2.45) is 0 Å². The molecular formula is C27H33N3O5. The minimum Gasteiger partial charge on any atom is -0.484 e. The number of carbonyl (C=O) groups excluding carboxylic acids is 3. The molecule has 0 radical (unpaired) electrons. The molecule has 8 heteroatoms. The molecule has 1 fully saturated rings. The molecule has 186 valence electrons. The van der Waals surface area contributed by atoms with Gasteiger partial charge in [0.1, 0.15) is 11.5 Å². The van der Waals surface area contributed by atoms with E-state index in [1.54, 1.807) is 55.4 Å². The van der Waals surface area contributed by atoms with Crippen LogP contribution in [-0.2, 0) is 9.59 Å². The van der Waals surface area contributed by atoms with Gasteiger partial charge in [-0.2, -0.15) is 0 Å². The highest BCUT2D eigenvalue weighted by atomic mass is 16.5. The van der Waals surface area contributed by atoms with Gasteiger partial charge in [-0.15, -0.1) is 0 Å². The normalized spacial score (nSPS) is 21.5. The molecule has 1 saturated heterocycles. The fourth-order valence-corrected chi connectivity index (χ4v) is 4.83. The first-order valence-corrected chi connectivity index (χ1v) is 12.1. The third-order valence-electron chi connectivity index (χ3n) is 6.68. The molecule has 2 aromatic carbocycles. The minimum absolute atomic E-state index is 0.0219. The summed E-state index contributed by atoms with van der Waals surface area (Å²) in [6.45, 7) is 4.24. The van der Waals surface area contributed by atoms with Gasteiger partial charge in [0.15, 0.2) is 12.7 Å². The molecule has 0 aromatic heterocycles. The summed E-state index contributed by atoms with van der Waals surface area (Å²) < 4.78 is 11.6. The largest absolute Gasteiger partial charge is 0.484 e. The number of nitrogens with zero attached hydrogens (tertiary/aromatic N) is 3. The average Bonchev–Trinajstić information content (AvgIpc) is 2.86. The van der Waals surface area contributed by atoms with Gasteiger partial charge in [-0.1, -0.05) is 12.1 Å². The first-order chi connectivity index (χ1) is 16.8. The number of fused-ring (bicyclic) bond motifs is 1. The summed E-state index contributed by atoms with van der Waals surface area (Å²) in [5, 5.41) is 0. The molecule has 0 unspecified atom stereocenters. The number of amides is 3. The predicted octanol–water partition coefficient (Wildman–Crippen LogP) is 3.35. The standard InChI is InChI=1S/C27H33N3O5/c1-18-8-7-9-19(2)30(18)25(31)17-34-21-14-12-20(13-15-21)26(32)29-16-24(27(33)28(3)4)35-23-11-6-5-10-22(23)29/h5-6,10-15,18-19,24H,7-9,16-17H2,1-4H3/t18-,19+,24-/m1/s1. The fraction of sp³-hybridized carbons (Fsp3) is 0.444. The Morgan fingerprint density at radius 1 is 1.00 bits per heavy atom. The van der Waals surface area contributed by atoms with Gasteiger partial charge in [-0.05, 0) is 69.5 Å². The van der Waals surface area contributed by atoms with Crippen molar-refractivity contribution in [2.75, 3.05) is 32.1 Å². The van der Waals surface area contributed by atoms with Crippen LogP contribution in [0.4, 0.5) is 5.69 Å². The second kappa shape index (κ2) is 10.4. The van der Waals surface area contributed by atoms with Crippen molar-refractivity contribution in [3.8, 4) is 11.5 Å². The summed E-state index contributed by atoms with van der Waals surface area (Å²) in [6.07, 6.45) is 2.38. The number of carbonyl (C=O) groups is 3. The quantitative estimate of drug-likeness (QED) is 0.657. The van der Waals surface area contributed by atoms with Crippen LogP contribution < -0.4 is 14.4 Å². The summed E-state index contributed by atoms with van der Waals surface area (Å²) >= 11 is 0. The van der Waals surface area contributed by atoms with E-state index in [0.29, 0.717) is 22.7 Å². The number of anilines is 1. The van der Waals surface area contributed by atoms with Crippen molar-refractivity contribution in [2.45, 2.75) is 51.3 Å². The number of likely N-dealkylation sites (tertiary alicyclic amines) is 1. The van der Waals surface area contributed by atoms with Crippen molar-refractivity contribution in [3.05, 3.63) is 54.1 Å². The molecule has 2 aliphatic heterocycles. The Morgan fingerprint density at radius 3 is 2.31 bits per heavy atom. The van der Waals surface area contributed by atoms with E-state index in [-0.39, 0.29) is 43.0 Å². The van der Waals surface area contributed by atoms with Crippen LogP contribution in [0.2, 0.25) is 0 Å². The van der Waals surface area contributed by atoms with E-state index >= 15 is 0 Å². The van der Waals surface area contributed by atoms with Gasteiger partial charge in [-0.3, -0.25) is 14.4 Å². The molecule has 35 heavy (non-hydrogen) atoms. The second-order valence-electron chi connectivity index (χ2n) is 9.47. The van der Waals surface area contributed by atoms with Crippen molar-refractivity contribution in [3.63, 3.8) is 0 Å². The summed E-state index contributed by atoms with van der Waals surface area (Å²) in [5.41, 5.74) is 1.07. The van der Waals surface area contributed by atoms with Crippen LogP contribution in [0.3, 0.4) is 0 Å². The molecule has 0 aliphatic carbocycles. The van der Waals surface area contributed by atoms with Crippen molar-refractivity contribution < 1.29 is 23.9 Å². The SMILES string of the molecule is C[C@@H]1CCC[C@H](C)N1C(=O)COc1ccc(C(=O)N2C[C@H](C(=O)N(C)C)Oc3ccccc32)cc1. The lowest BCUT2D eigenvalue weighted by Crippen LogP contribution is -2.50. The predicted molar refractivity (Wildman–Crippen MR) is 133 cm³/mol. The van der Waals surface area contributed by atoms with Crippen LogP contribution in [0.5, 0.6) is 11.5 Å². The van der Waals surface area contributed by atoms with Gasteiger partial charge in [0.25, 0.3) is 17.7 Å². The maximum absolute atomic E-state index is 13.4. The number of benzene rings is 2. The summed E-state index contributed by atoms with van der Waals surface area (Å²) in [4.78, 5) is 43.6. The lowest BCUT2D eigenvalue weighted by atomic mass is 9.97. The number of ether oxygens (including phenoxy) is 2. The molecule has 3 atom stereocenters. The lowest BCUT2D eigenvalue weighted by Gasteiger charge is -2.39. The van der Waals surface area contributed by atoms with Crippen molar-refractivity contribution in [1.82, 2.24) is 9.80 Å². The fourth-order valence-electron chi connectivity index (χ4n) is 4.83. The Labute approximate surface area is 206 Å². The maximum atomic E-state index is 13.4. The Hall–Kier alpha value is -3.55. The van der Waals surface area contributed by atoms with E-state index in [1.165, 1.54) is 4.90 Å². The molecule has 0 N–H and O–H groups in total. The molecule has 8 nitrogen and oxygen atoms in total. The van der Waals surface area contributed by atoms with E-state index in [0.717, 1.165) is 19.3 Å². The van der Waals surface area contributed by atoms with E-state index in [1.807, 2.05) is 17.0 Å². The first-order valence-electron chi connectivity index (χ1n) is 12.1. The van der Waals surface area contributed by atoms with Crippen LogP contribution in [0, 0.1) is 0 Å². The molecule has 3 amide bonds. The van der Waals surface area contributed by atoms with E-state index in [4.69, 9.17) is 9.47 Å². The lowest BCUT2D eigenvalue weighted by molar-refractivity contribution is -0.139. The molecular weight excluding hydrogens is 446 g/mol. The average molecular weight is 480 g/mol. The Morgan fingerprint density at radius 2 is 1.66 bits per heavy atom. The van der Waals surface area contributed by atoms with Crippen LogP contribution in [0.25, 0.3) is 0 Å². The zero-order valence-electron chi connectivity index (χ0n) is 20.8. The first kappa shape index (κ1) is 24.6. The highest BCUT2D eigenvalue weighted by molar-refractivity contribution is 6.08. The topological polar surface area (TPSA) is 79.4 Å².